The van der Waals surface area contributed by atoms with Gasteiger partial charge in [-0.3, -0.25) is 25.0 Å². The van der Waals surface area contributed by atoms with Crippen LogP contribution in [-0.2, 0) is 11.8 Å². The zero-order valence-corrected chi connectivity index (χ0v) is 20.8. The van der Waals surface area contributed by atoms with E-state index in [9.17, 15) is 4.79 Å². The molecule has 4 N–H and O–H groups in total. The largest absolute Gasteiger partial charge is 0.366 e. The molecule has 0 aliphatic carbocycles. The van der Waals surface area contributed by atoms with Gasteiger partial charge in [-0.25, -0.2) is 4.98 Å². The van der Waals surface area contributed by atoms with E-state index in [1.165, 1.54) is 0 Å². The SMILES string of the molecule is Cn1cc(N2CCN(C3NC(=O)C(c4nc5ccccc5s4)C(N[C@@H]4CCCNC4)N3)CC2)cn1. The number of aryl methyl sites for hydroxylation is 1. The molecule has 0 radical (unpaired) electrons. The third kappa shape index (κ3) is 4.78. The summed E-state index contributed by atoms with van der Waals surface area (Å²) >= 11 is 1.61. The van der Waals surface area contributed by atoms with E-state index in [4.69, 9.17) is 4.98 Å². The minimum atomic E-state index is -0.373. The normalized spacial score (nSPS) is 28.4. The molecule has 186 valence electrons. The van der Waals surface area contributed by atoms with Crippen LogP contribution in [0.4, 0.5) is 5.69 Å². The Bertz CT molecular complexity index is 1130. The summed E-state index contributed by atoms with van der Waals surface area (Å²) in [6, 6.07) is 8.43. The smallest absolute Gasteiger partial charge is 0.235 e. The standard InChI is InChI=1S/C24H33N9OS/c1-31-15-17(14-26-31)32-9-11-33(12-10-32)24-29-21(27-16-5-4-8-25-13-16)20(22(34)30-24)23-28-18-6-2-3-7-19(18)35-23/h2-3,6-7,14-16,20-21,24-25,27,29H,4-5,8-13H2,1H3,(H,30,34)/t16-,20?,21?,24?/m1/s1. The number of benzene rings is 1. The molecule has 0 bridgehead atoms. The van der Waals surface area contributed by atoms with Gasteiger partial charge in [-0.1, -0.05) is 12.1 Å². The fraction of sp³-hybridized carbons (Fsp3) is 0.542. The Labute approximate surface area is 209 Å². The van der Waals surface area contributed by atoms with Gasteiger partial charge in [0.2, 0.25) is 5.91 Å². The third-order valence-corrected chi connectivity index (χ3v) is 8.38. The van der Waals surface area contributed by atoms with Crippen LogP contribution in [0, 0.1) is 0 Å². The van der Waals surface area contributed by atoms with Gasteiger partial charge < -0.3 is 15.5 Å². The van der Waals surface area contributed by atoms with Gasteiger partial charge >= 0.3 is 0 Å². The maximum absolute atomic E-state index is 13.6. The highest BCUT2D eigenvalue weighted by atomic mass is 32.1. The van der Waals surface area contributed by atoms with Crippen LogP contribution in [-0.4, -0.2) is 83.3 Å². The number of hydrogen-bond acceptors (Lipinski definition) is 9. The molecule has 2 aromatic heterocycles. The van der Waals surface area contributed by atoms with Crippen LogP contribution in [0.2, 0.25) is 0 Å². The lowest BCUT2D eigenvalue weighted by Crippen LogP contribution is -2.72. The zero-order chi connectivity index (χ0) is 23.8. The first-order valence-electron chi connectivity index (χ1n) is 12.5. The summed E-state index contributed by atoms with van der Waals surface area (Å²) in [4.78, 5) is 23.1. The molecule has 3 saturated heterocycles. The second-order valence-corrected chi connectivity index (χ2v) is 10.7. The van der Waals surface area contributed by atoms with Crippen molar-refractivity contribution in [2.45, 2.75) is 37.3 Å². The molecule has 1 aromatic carbocycles. The Morgan fingerprint density at radius 1 is 1.17 bits per heavy atom. The van der Waals surface area contributed by atoms with Gasteiger partial charge in [-0.15, -0.1) is 11.3 Å². The summed E-state index contributed by atoms with van der Waals surface area (Å²) in [5.74, 6) is -0.342. The summed E-state index contributed by atoms with van der Waals surface area (Å²) in [6.45, 7) is 5.48. The first-order valence-corrected chi connectivity index (χ1v) is 13.3. The molecule has 5 heterocycles. The number of piperidine rings is 1. The summed E-state index contributed by atoms with van der Waals surface area (Å²) in [5, 5.41) is 19.4. The number of thiazole rings is 1. The predicted molar refractivity (Wildman–Crippen MR) is 137 cm³/mol. The molecule has 0 saturated carbocycles. The molecule has 3 unspecified atom stereocenters. The third-order valence-electron chi connectivity index (χ3n) is 7.26. The van der Waals surface area contributed by atoms with Gasteiger partial charge in [0.15, 0.2) is 0 Å². The van der Waals surface area contributed by atoms with Crippen LogP contribution in [0.5, 0.6) is 0 Å². The second kappa shape index (κ2) is 9.82. The van der Waals surface area contributed by atoms with Crippen LogP contribution >= 0.6 is 11.3 Å². The summed E-state index contributed by atoms with van der Waals surface area (Å²) < 4.78 is 2.95. The van der Waals surface area contributed by atoms with Gasteiger partial charge in [0.05, 0.1) is 28.3 Å². The van der Waals surface area contributed by atoms with Crippen LogP contribution in [0.3, 0.4) is 0 Å². The van der Waals surface area contributed by atoms with Crippen molar-refractivity contribution < 1.29 is 4.79 Å². The van der Waals surface area contributed by atoms with Crippen LogP contribution in [0.25, 0.3) is 10.2 Å². The number of aromatic nitrogens is 3. The highest BCUT2D eigenvalue weighted by molar-refractivity contribution is 7.18. The van der Waals surface area contributed by atoms with Crippen molar-refractivity contribution in [1.29, 1.82) is 0 Å². The van der Waals surface area contributed by atoms with E-state index < -0.39 is 0 Å². The van der Waals surface area contributed by atoms with Gasteiger partial charge in [0.25, 0.3) is 0 Å². The number of anilines is 1. The van der Waals surface area contributed by atoms with Crippen molar-refractivity contribution in [1.82, 2.24) is 40.9 Å². The molecule has 3 aliphatic rings. The molecule has 6 rings (SSSR count). The number of amides is 1. The Morgan fingerprint density at radius 3 is 2.77 bits per heavy atom. The molecular weight excluding hydrogens is 462 g/mol. The predicted octanol–water partition coefficient (Wildman–Crippen LogP) is 0.606. The Balaban J connectivity index is 1.19. The number of piperazine rings is 1. The number of nitrogens with zero attached hydrogens (tertiary/aromatic N) is 5. The molecule has 35 heavy (non-hydrogen) atoms. The van der Waals surface area contributed by atoms with Gasteiger partial charge in [0, 0.05) is 52.0 Å². The average molecular weight is 496 g/mol. The molecule has 3 aliphatic heterocycles. The fourth-order valence-corrected chi connectivity index (χ4v) is 6.46. The Morgan fingerprint density at radius 2 is 2.03 bits per heavy atom. The average Bonchev–Trinajstić information content (AvgIpc) is 3.50. The molecule has 4 atom stereocenters. The highest BCUT2D eigenvalue weighted by Crippen LogP contribution is 2.31. The van der Waals surface area contributed by atoms with Crippen LogP contribution < -0.4 is 26.2 Å². The molecule has 3 aromatic rings. The number of nitrogens with one attached hydrogen (secondary N) is 4. The first kappa shape index (κ1) is 22.9. The molecule has 1 amide bonds. The van der Waals surface area contributed by atoms with Gasteiger partial charge in [-0.2, -0.15) is 5.10 Å². The van der Waals surface area contributed by atoms with E-state index in [0.29, 0.717) is 6.04 Å². The van der Waals surface area contributed by atoms with E-state index in [1.54, 1.807) is 11.3 Å². The molecular formula is C24H33N9OS. The number of carbonyl (C=O) groups excluding carboxylic acids is 1. The highest BCUT2D eigenvalue weighted by Gasteiger charge is 2.42. The lowest BCUT2D eigenvalue weighted by atomic mass is 10.00. The van der Waals surface area contributed by atoms with Crippen LogP contribution in [0.1, 0.15) is 23.8 Å². The van der Waals surface area contributed by atoms with Crippen molar-refractivity contribution in [2.75, 3.05) is 44.2 Å². The summed E-state index contributed by atoms with van der Waals surface area (Å²) in [5.41, 5.74) is 2.10. The fourth-order valence-electron chi connectivity index (χ4n) is 5.36. The topological polar surface area (TPSA) is 102 Å². The number of carbonyl (C=O) groups is 1. The summed E-state index contributed by atoms with van der Waals surface area (Å²) in [6.07, 6.45) is 5.82. The zero-order valence-electron chi connectivity index (χ0n) is 20.0. The lowest BCUT2D eigenvalue weighted by Gasteiger charge is -2.46. The number of rotatable bonds is 5. The Kier molecular flexibility index (Phi) is 6.42. The molecule has 3 fully saturated rings. The van der Waals surface area contributed by atoms with Crippen molar-refractivity contribution >= 4 is 33.1 Å². The molecule has 10 nitrogen and oxygen atoms in total. The minimum absolute atomic E-state index is 0.0313. The molecule has 0 spiro atoms. The number of fused-ring (bicyclic) bond motifs is 1. The monoisotopic (exact) mass is 495 g/mol. The summed E-state index contributed by atoms with van der Waals surface area (Å²) in [7, 11) is 1.94. The van der Waals surface area contributed by atoms with Gasteiger partial charge in [0.1, 0.15) is 17.2 Å². The Hall–Kier alpha value is -2.57. The van der Waals surface area contributed by atoms with E-state index in [0.717, 1.165) is 73.0 Å². The van der Waals surface area contributed by atoms with Crippen molar-refractivity contribution in [3.63, 3.8) is 0 Å². The van der Waals surface area contributed by atoms with Crippen molar-refractivity contribution in [3.8, 4) is 0 Å². The molecule has 11 heteroatoms. The van der Waals surface area contributed by atoms with Crippen molar-refractivity contribution in [2.24, 2.45) is 7.05 Å². The van der Waals surface area contributed by atoms with Crippen molar-refractivity contribution in [3.05, 3.63) is 41.7 Å². The van der Waals surface area contributed by atoms with E-state index in [-0.39, 0.29) is 24.3 Å². The minimum Gasteiger partial charge on any atom is -0.366 e. The second-order valence-electron chi connectivity index (χ2n) is 9.66. The maximum Gasteiger partial charge on any atom is 0.235 e. The first-order chi connectivity index (χ1) is 17.1. The quantitative estimate of drug-likeness (QED) is 0.408. The maximum atomic E-state index is 13.6. The lowest BCUT2D eigenvalue weighted by molar-refractivity contribution is -0.129. The van der Waals surface area contributed by atoms with E-state index >= 15 is 0 Å². The van der Waals surface area contributed by atoms with Crippen LogP contribution in [0.15, 0.2) is 36.7 Å². The number of para-hydroxylation sites is 1. The number of hydrogen-bond donors (Lipinski definition) is 4. The van der Waals surface area contributed by atoms with Gasteiger partial charge in [-0.05, 0) is 31.5 Å². The van der Waals surface area contributed by atoms with E-state index in [1.807, 2.05) is 36.1 Å². The van der Waals surface area contributed by atoms with E-state index in [2.05, 4.69) is 48.4 Å².